The number of hydrogen-bond donors (Lipinski definition) is 1. The molecule has 7 nitrogen and oxygen atoms in total. The highest BCUT2D eigenvalue weighted by Crippen LogP contribution is 2.61. The SMILES string of the molecule is Cc1ccc(Cl)cc1NC(=O)COC(=O)[C@H](CC(C)C)N1C(=O)[C@H]2C3c4ccccc4C(c4ccccc43)[C@@H]2C1=O. The van der Waals surface area contributed by atoms with E-state index in [-0.39, 0.29) is 36.0 Å². The number of benzene rings is 3. The number of ether oxygens (including phenoxy) is 1. The molecule has 3 atom stereocenters. The molecule has 1 saturated heterocycles. The average molecular weight is 571 g/mol. The molecule has 8 heteroatoms. The van der Waals surface area contributed by atoms with Gasteiger partial charge in [0.25, 0.3) is 5.91 Å². The zero-order valence-corrected chi connectivity index (χ0v) is 23.9. The second kappa shape index (κ2) is 10.5. The first-order valence-electron chi connectivity index (χ1n) is 13.9. The molecule has 41 heavy (non-hydrogen) atoms. The van der Waals surface area contributed by atoms with E-state index < -0.39 is 36.4 Å². The van der Waals surface area contributed by atoms with Crippen LogP contribution < -0.4 is 5.32 Å². The maximum Gasteiger partial charge on any atom is 0.329 e. The quantitative estimate of drug-likeness (QED) is 0.302. The molecule has 0 radical (unpaired) electrons. The number of halogens is 1. The average Bonchev–Trinajstić information content (AvgIpc) is 3.22. The third-order valence-electron chi connectivity index (χ3n) is 8.58. The zero-order chi connectivity index (χ0) is 29.0. The number of esters is 1. The topological polar surface area (TPSA) is 92.8 Å². The van der Waals surface area contributed by atoms with Crippen LogP contribution >= 0.6 is 11.6 Å². The number of aryl methyl sites for hydroxylation is 1. The summed E-state index contributed by atoms with van der Waals surface area (Å²) in [5.41, 5.74) is 5.58. The van der Waals surface area contributed by atoms with Gasteiger partial charge < -0.3 is 10.1 Å². The van der Waals surface area contributed by atoms with E-state index in [1.807, 2.05) is 69.3 Å². The van der Waals surface area contributed by atoms with Crippen molar-refractivity contribution in [2.75, 3.05) is 11.9 Å². The Bertz CT molecular complexity index is 1470. The highest BCUT2D eigenvalue weighted by molar-refractivity contribution is 6.31. The molecule has 0 saturated carbocycles. The Kier molecular flexibility index (Phi) is 6.94. The van der Waals surface area contributed by atoms with Gasteiger partial charge in [-0.05, 0) is 59.2 Å². The van der Waals surface area contributed by atoms with Crippen LogP contribution in [0, 0.1) is 24.7 Å². The second-order valence-electron chi connectivity index (χ2n) is 11.6. The molecule has 7 rings (SSSR count). The van der Waals surface area contributed by atoms with E-state index in [4.69, 9.17) is 16.3 Å². The van der Waals surface area contributed by atoms with Gasteiger partial charge in [0, 0.05) is 22.5 Å². The smallest absolute Gasteiger partial charge is 0.329 e. The molecule has 4 aliphatic rings. The van der Waals surface area contributed by atoms with Crippen LogP contribution in [0.25, 0.3) is 0 Å². The highest BCUT2D eigenvalue weighted by atomic mass is 35.5. The first-order chi connectivity index (χ1) is 19.7. The van der Waals surface area contributed by atoms with Crippen LogP contribution in [0.5, 0.6) is 0 Å². The lowest BCUT2D eigenvalue weighted by Crippen LogP contribution is -2.47. The molecule has 3 amide bonds. The number of carbonyl (C=O) groups is 4. The zero-order valence-electron chi connectivity index (χ0n) is 23.1. The lowest BCUT2D eigenvalue weighted by molar-refractivity contribution is -0.160. The third kappa shape index (κ3) is 4.52. The van der Waals surface area contributed by atoms with Gasteiger partial charge in [0.2, 0.25) is 11.8 Å². The van der Waals surface area contributed by atoms with Gasteiger partial charge in [0.05, 0.1) is 11.8 Å². The monoisotopic (exact) mass is 570 g/mol. The predicted molar refractivity (Wildman–Crippen MR) is 154 cm³/mol. The largest absolute Gasteiger partial charge is 0.454 e. The van der Waals surface area contributed by atoms with Gasteiger partial charge in [-0.2, -0.15) is 0 Å². The summed E-state index contributed by atoms with van der Waals surface area (Å²) in [7, 11) is 0. The molecular formula is C33H31ClN2O5. The van der Waals surface area contributed by atoms with Crippen molar-refractivity contribution < 1.29 is 23.9 Å². The first kappa shape index (κ1) is 27.2. The summed E-state index contributed by atoms with van der Waals surface area (Å²) in [5.74, 6) is -3.71. The highest BCUT2D eigenvalue weighted by Gasteiger charge is 2.63. The molecule has 3 aromatic rings. The molecule has 1 N–H and O–H groups in total. The van der Waals surface area contributed by atoms with E-state index in [0.717, 1.165) is 32.7 Å². The van der Waals surface area contributed by atoms with Crippen molar-refractivity contribution in [2.24, 2.45) is 17.8 Å². The molecule has 0 spiro atoms. The third-order valence-corrected chi connectivity index (χ3v) is 8.82. The van der Waals surface area contributed by atoms with Crippen molar-refractivity contribution in [1.82, 2.24) is 4.90 Å². The van der Waals surface area contributed by atoms with Crippen molar-refractivity contribution in [2.45, 2.75) is 45.1 Å². The fraction of sp³-hybridized carbons (Fsp3) is 0.333. The number of anilines is 1. The van der Waals surface area contributed by atoms with Crippen molar-refractivity contribution >= 4 is 41.0 Å². The molecular weight excluding hydrogens is 540 g/mol. The summed E-state index contributed by atoms with van der Waals surface area (Å²) in [6, 6.07) is 20.0. The molecule has 3 aromatic carbocycles. The van der Waals surface area contributed by atoms with Gasteiger partial charge in [-0.25, -0.2) is 4.79 Å². The number of imide groups is 1. The number of hydrogen-bond acceptors (Lipinski definition) is 5. The predicted octanol–water partition coefficient (Wildman–Crippen LogP) is 5.44. The Labute approximate surface area is 243 Å². The van der Waals surface area contributed by atoms with Gasteiger partial charge in [0.15, 0.2) is 6.61 Å². The molecule has 210 valence electrons. The Morgan fingerprint density at radius 1 is 0.878 bits per heavy atom. The number of amides is 3. The van der Waals surface area contributed by atoms with Crippen LogP contribution in [0.15, 0.2) is 66.7 Å². The summed E-state index contributed by atoms with van der Waals surface area (Å²) >= 11 is 6.05. The Morgan fingerprint density at radius 3 is 1.88 bits per heavy atom. The van der Waals surface area contributed by atoms with Crippen LogP contribution in [-0.4, -0.2) is 41.2 Å². The van der Waals surface area contributed by atoms with E-state index >= 15 is 0 Å². The fourth-order valence-electron chi connectivity index (χ4n) is 6.91. The summed E-state index contributed by atoms with van der Waals surface area (Å²) in [4.78, 5) is 55.6. The van der Waals surface area contributed by atoms with Crippen molar-refractivity contribution in [3.63, 3.8) is 0 Å². The lowest BCUT2D eigenvalue weighted by atomic mass is 9.55. The maximum atomic E-state index is 14.1. The molecule has 3 aliphatic carbocycles. The standard InChI is InChI=1S/C33H31ClN2O5/c1-17(2)14-25(33(40)41-16-26(37)35-24-15-19(34)13-12-18(24)3)36-31(38)29-27-20-8-4-5-9-21(20)28(30(29)32(36)39)23-11-7-6-10-22(23)27/h4-13,15,17,25,27-30H,14,16H2,1-3H3,(H,35,37)/t25-,27?,28?,29-,30-/m0/s1. The maximum absolute atomic E-state index is 14.1. The van der Waals surface area contributed by atoms with Crippen molar-refractivity contribution in [3.8, 4) is 0 Å². The Morgan fingerprint density at radius 2 is 1.39 bits per heavy atom. The van der Waals surface area contributed by atoms with Gasteiger partial charge >= 0.3 is 5.97 Å². The van der Waals surface area contributed by atoms with E-state index in [1.165, 1.54) is 0 Å². The molecule has 1 aliphatic heterocycles. The first-order valence-corrected chi connectivity index (χ1v) is 14.3. The number of carbonyl (C=O) groups excluding carboxylic acids is 4. The Balaban J connectivity index is 1.27. The molecule has 2 bridgehead atoms. The van der Waals surface area contributed by atoms with Crippen LogP contribution in [-0.2, 0) is 23.9 Å². The summed E-state index contributed by atoms with van der Waals surface area (Å²) in [5, 5.41) is 3.17. The molecule has 0 aromatic heterocycles. The van der Waals surface area contributed by atoms with Crippen LogP contribution in [0.2, 0.25) is 5.02 Å². The molecule has 0 unspecified atom stereocenters. The van der Waals surface area contributed by atoms with E-state index in [9.17, 15) is 19.2 Å². The molecule has 1 heterocycles. The van der Waals surface area contributed by atoms with E-state index in [2.05, 4.69) is 5.32 Å². The van der Waals surface area contributed by atoms with Crippen molar-refractivity contribution in [3.05, 3.63) is 99.6 Å². The second-order valence-corrected chi connectivity index (χ2v) is 12.0. The molecule has 1 fully saturated rings. The van der Waals surface area contributed by atoms with Crippen LogP contribution in [0.4, 0.5) is 5.69 Å². The fourth-order valence-corrected chi connectivity index (χ4v) is 7.08. The minimum absolute atomic E-state index is 0.00942. The van der Waals surface area contributed by atoms with E-state index in [0.29, 0.717) is 10.7 Å². The lowest BCUT2D eigenvalue weighted by Gasteiger charge is -2.45. The van der Waals surface area contributed by atoms with Gasteiger partial charge in [0.1, 0.15) is 6.04 Å². The van der Waals surface area contributed by atoms with Crippen LogP contribution in [0.1, 0.15) is 59.9 Å². The number of nitrogens with zero attached hydrogens (tertiary/aromatic N) is 1. The van der Waals surface area contributed by atoms with Crippen molar-refractivity contribution in [1.29, 1.82) is 0 Å². The summed E-state index contributed by atoms with van der Waals surface area (Å²) in [6.07, 6.45) is 0.236. The van der Waals surface area contributed by atoms with Gasteiger partial charge in [-0.3, -0.25) is 19.3 Å². The minimum atomic E-state index is -1.12. The van der Waals surface area contributed by atoms with E-state index in [1.54, 1.807) is 18.2 Å². The number of likely N-dealkylation sites (tertiary alicyclic amines) is 1. The Hall–Kier alpha value is -3.97. The summed E-state index contributed by atoms with van der Waals surface area (Å²) in [6.45, 7) is 5.11. The number of rotatable bonds is 7. The number of nitrogens with one attached hydrogen (secondary N) is 1. The van der Waals surface area contributed by atoms with Gasteiger partial charge in [-0.1, -0.05) is 80.0 Å². The summed E-state index contributed by atoms with van der Waals surface area (Å²) < 4.78 is 5.43. The van der Waals surface area contributed by atoms with Crippen LogP contribution in [0.3, 0.4) is 0 Å². The normalized spacial score (nSPS) is 22.7. The minimum Gasteiger partial charge on any atom is -0.454 e. The van der Waals surface area contributed by atoms with Gasteiger partial charge in [-0.15, -0.1) is 0 Å².